The van der Waals surface area contributed by atoms with Crippen molar-refractivity contribution in [1.29, 1.82) is 0 Å². The molecule has 1 aliphatic rings. The predicted molar refractivity (Wildman–Crippen MR) is 56.8 cm³/mol. The second-order valence-electron chi connectivity index (χ2n) is 5.00. The zero-order valence-corrected chi connectivity index (χ0v) is 9.76. The Morgan fingerprint density at radius 2 is 1.77 bits per heavy atom. The second-order valence-corrected chi connectivity index (χ2v) is 5.00. The topological polar surface area (TPSA) is 12.5 Å². The van der Waals surface area contributed by atoms with Crippen LogP contribution < -0.4 is 0 Å². The fourth-order valence-corrected chi connectivity index (χ4v) is 2.23. The molecule has 0 saturated carbocycles. The molecule has 0 N–H and O–H groups in total. The van der Waals surface area contributed by atoms with Gasteiger partial charge in [0.05, 0.1) is 12.2 Å². The van der Waals surface area contributed by atoms with Gasteiger partial charge in [0.25, 0.3) is 0 Å². The number of hydrogen-bond acceptors (Lipinski definition) is 1. The van der Waals surface area contributed by atoms with Crippen LogP contribution in [0.5, 0.6) is 0 Å². The van der Waals surface area contributed by atoms with Gasteiger partial charge in [0.15, 0.2) is 0 Å². The lowest BCUT2D eigenvalue weighted by Gasteiger charge is -2.29. The van der Waals surface area contributed by atoms with Crippen LogP contribution in [0.3, 0.4) is 0 Å². The average Bonchev–Trinajstić information content (AvgIpc) is 2.82. The van der Waals surface area contributed by atoms with Gasteiger partial charge in [-0.25, -0.2) is 0 Å². The van der Waals surface area contributed by atoms with Gasteiger partial charge in [0, 0.05) is 0 Å². The fraction of sp³-hybridized carbons (Fsp3) is 1.00. The molecule has 1 saturated heterocycles. The van der Waals surface area contributed by atoms with Crippen molar-refractivity contribution in [2.75, 3.05) is 0 Å². The van der Waals surface area contributed by atoms with E-state index in [1.54, 1.807) is 0 Å². The van der Waals surface area contributed by atoms with E-state index in [0.29, 0.717) is 17.6 Å². The lowest BCUT2D eigenvalue weighted by atomic mass is 9.76. The maximum Gasteiger partial charge on any atom is 0.0864 e. The minimum absolute atomic E-state index is 0.521. The molecule has 1 heteroatoms. The molecule has 78 valence electrons. The predicted octanol–water partition coefficient (Wildman–Crippen LogP) is 3.63. The zero-order valence-electron chi connectivity index (χ0n) is 9.76. The second kappa shape index (κ2) is 4.00. The van der Waals surface area contributed by atoms with Crippen LogP contribution in [-0.2, 0) is 4.74 Å². The van der Waals surface area contributed by atoms with Gasteiger partial charge in [0.1, 0.15) is 0 Å². The van der Waals surface area contributed by atoms with E-state index >= 15 is 0 Å². The van der Waals surface area contributed by atoms with Crippen LogP contribution in [0.15, 0.2) is 0 Å². The molecule has 0 spiro atoms. The standard InChI is InChI=1S/C12H24O/c1-6-12(5,7-2)8-9(3)11-10(4)13-11/h9-11H,6-8H2,1-5H3. The van der Waals surface area contributed by atoms with E-state index in [2.05, 4.69) is 34.6 Å². The molecule has 3 atom stereocenters. The van der Waals surface area contributed by atoms with Crippen molar-refractivity contribution in [2.24, 2.45) is 11.3 Å². The normalized spacial score (nSPS) is 30.2. The monoisotopic (exact) mass is 184 g/mol. The van der Waals surface area contributed by atoms with Crippen LogP contribution >= 0.6 is 0 Å². The molecule has 1 aliphatic heterocycles. The SMILES string of the molecule is CCC(C)(CC)CC(C)C1OC1C. The maximum absolute atomic E-state index is 5.51. The van der Waals surface area contributed by atoms with E-state index in [-0.39, 0.29) is 0 Å². The largest absolute Gasteiger partial charge is 0.370 e. The van der Waals surface area contributed by atoms with Gasteiger partial charge in [-0.2, -0.15) is 0 Å². The molecule has 0 amide bonds. The van der Waals surface area contributed by atoms with Crippen molar-refractivity contribution in [1.82, 2.24) is 0 Å². The van der Waals surface area contributed by atoms with Gasteiger partial charge in [-0.1, -0.05) is 40.5 Å². The van der Waals surface area contributed by atoms with Gasteiger partial charge in [-0.05, 0) is 24.7 Å². The van der Waals surface area contributed by atoms with Crippen molar-refractivity contribution in [3.8, 4) is 0 Å². The third kappa shape index (κ3) is 2.70. The lowest BCUT2D eigenvalue weighted by Crippen LogP contribution is -2.20. The first kappa shape index (κ1) is 11.0. The van der Waals surface area contributed by atoms with Crippen LogP contribution in [0, 0.1) is 11.3 Å². The summed E-state index contributed by atoms with van der Waals surface area (Å²) in [5.41, 5.74) is 0.533. The molecule has 0 radical (unpaired) electrons. The Hall–Kier alpha value is -0.0400. The molecule has 1 nitrogen and oxygen atoms in total. The highest BCUT2D eigenvalue weighted by molar-refractivity contribution is 4.88. The lowest BCUT2D eigenvalue weighted by molar-refractivity contribution is 0.201. The van der Waals surface area contributed by atoms with E-state index in [1.807, 2.05) is 0 Å². The summed E-state index contributed by atoms with van der Waals surface area (Å²) < 4.78 is 5.51. The number of epoxide rings is 1. The van der Waals surface area contributed by atoms with E-state index in [1.165, 1.54) is 19.3 Å². The molecule has 0 aromatic carbocycles. The van der Waals surface area contributed by atoms with Gasteiger partial charge in [-0.15, -0.1) is 0 Å². The minimum Gasteiger partial charge on any atom is -0.370 e. The van der Waals surface area contributed by atoms with E-state index in [0.717, 1.165) is 5.92 Å². The van der Waals surface area contributed by atoms with Gasteiger partial charge >= 0.3 is 0 Å². The Labute approximate surface area is 82.9 Å². The van der Waals surface area contributed by atoms with Crippen molar-refractivity contribution in [3.05, 3.63) is 0 Å². The Morgan fingerprint density at radius 3 is 2.08 bits per heavy atom. The minimum atomic E-state index is 0.521. The van der Waals surface area contributed by atoms with Crippen LogP contribution in [0.4, 0.5) is 0 Å². The summed E-state index contributed by atoms with van der Waals surface area (Å²) >= 11 is 0. The summed E-state index contributed by atoms with van der Waals surface area (Å²) in [6.07, 6.45) is 4.96. The number of hydrogen-bond donors (Lipinski definition) is 0. The van der Waals surface area contributed by atoms with Crippen LogP contribution in [0.2, 0.25) is 0 Å². The van der Waals surface area contributed by atoms with Gasteiger partial charge in [0.2, 0.25) is 0 Å². The summed E-state index contributed by atoms with van der Waals surface area (Å²) in [6, 6.07) is 0. The quantitative estimate of drug-likeness (QED) is 0.594. The molecule has 1 fully saturated rings. The molecule has 0 bridgehead atoms. The first-order valence-electron chi connectivity index (χ1n) is 5.68. The van der Waals surface area contributed by atoms with Crippen molar-refractivity contribution in [3.63, 3.8) is 0 Å². The first-order chi connectivity index (χ1) is 6.02. The summed E-state index contributed by atoms with van der Waals surface area (Å²) in [5.74, 6) is 0.736. The number of ether oxygens (including phenoxy) is 1. The fourth-order valence-electron chi connectivity index (χ4n) is 2.23. The van der Waals surface area contributed by atoms with Crippen LogP contribution in [-0.4, -0.2) is 12.2 Å². The van der Waals surface area contributed by atoms with Crippen molar-refractivity contribution >= 4 is 0 Å². The van der Waals surface area contributed by atoms with E-state index in [4.69, 9.17) is 4.74 Å². The molecule has 0 aromatic rings. The molecule has 1 rings (SSSR count). The summed E-state index contributed by atoms with van der Waals surface area (Å²) in [7, 11) is 0. The average molecular weight is 184 g/mol. The molecule has 0 aliphatic carbocycles. The van der Waals surface area contributed by atoms with Crippen LogP contribution in [0.1, 0.15) is 53.9 Å². The molecular formula is C12H24O. The smallest absolute Gasteiger partial charge is 0.0864 e. The molecule has 0 aromatic heterocycles. The maximum atomic E-state index is 5.51. The van der Waals surface area contributed by atoms with Crippen molar-refractivity contribution in [2.45, 2.75) is 66.1 Å². The molecular weight excluding hydrogens is 160 g/mol. The third-order valence-electron chi connectivity index (χ3n) is 3.84. The van der Waals surface area contributed by atoms with Gasteiger partial charge in [-0.3, -0.25) is 0 Å². The molecule has 3 unspecified atom stereocenters. The summed E-state index contributed by atoms with van der Waals surface area (Å²) in [6.45, 7) is 11.5. The highest BCUT2D eigenvalue weighted by Gasteiger charge is 2.40. The first-order valence-corrected chi connectivity index (χ1v) is 5.68. The Kier molecular flexibility index (Phi) is 3.39. The van der Waals surface area contributed by atoms with Crippen LogP contribution in [0.25, 0.3) is 0 Å². The van der Waals surface area contributed by atoms with Gasteiger partial charge < -0.3 is 4.74 Å². The van der Waals surface area contributed by atoms with E-state index < -0.39 is 0 Å². The Morgan fingerprint density at radius 1 is 1.31 bits per heavy atom. The molecule has 13 heavy (non-hydrogen) atoms. The summed E-state index contributed by atoms with van der Waals surface area (Å²) in [4.78, 5) is 0. The zero-order chi connectivity index (χ0) is 10.1. The van der Waals surface area contributed by atoms with E-state index in [9.17, 15) is 0 Å². The highest BCUT2D eigenvalue weighted by atomic mass is 16.6. The number of rotatable bonds is 5. The van der Waals surface area contributed by atoms with Crippen molar-refractivity contribution < 1.29 is 4.74 Å². The third-order valence-corrected chi connectivity index (χ3v) is 3.84. The Balaban J connectivity index is 2.37. The summed E-state index contributed by atoms with van der Waals surface area (Å²) in [5, 5.41) is 0. The highest BCUT2D eigenvalue weighted by Crippen LogP contribution is 2.39. The Bertz CT molecular complexity index is 161. The molecule has 1 heterocycles.